The summed E-state index contributed by atoms with van der Waals surface area (Å²) in [5, 5.41) is 0.637. The monoisotopic (exact) mass is 333 g/mol. The van der Waals surface area contributed by atoms with Crippen molar-refractivity contribution in [2.75, 3.05) is 24.5 Å². The van der Waals surface area contributed by atoms with Crippen LogP contribution in [-0.2, 0) is 4.74 Å². The summed E-state index contributed by atoms with van der Waals surface area (Å²) in [6.45, 7) is 6.06. The van der Waals surface area contributed by atoms with Crippen molar-refractivity contribution in [3.8, 4) is 0 Å². The Bertz CT molecular complexity index is 441. The summed E-state index contributed by atoms with van der Waals surface area (Å²) in [5.41, 5.74) is 5.46. The Kier molecular flexibility index (Phi) is 4.16. The normalized spacial score (nSPS) is 23.2. The molecule has 1 atom stereocenters. The fraction of sp³-hybridized carbons (Fsp3) is 0.583. The van der Waals surface area contributed by atoms with E-state index in [-0.39, 0.29) is 11.7 Å². The summed E-state index contributed by atoms with van der Waals surface area (Å²) < 4.78 is 6.77. The number of morpholine rings is 1. The predicted molar refractivity (Wildman–Crippen MR) is 77.2 cm³/mol. The number of pyridine rings is 1. The molecule has 18 heavy (non-hydrogen) atoms. The molecule has 2 rings (SSSR count). The minimum Gasteiger partial charge on any atom is -0.367 e. The first-order chi connectivity index (χ1) is 8.41. The molecule has 0 aliphatic carbocycles. The average molecular weight is 335 g/mol. The van der Waals surface area contributed by atoms with Gasteiger partial charge in [0.15, 0.2) is 0 Å². The zero-order valence-electron chi connectivity index (χ0n) is 10.5. The Morgan fingerprint density at radius 1 is 1.67 bits per heavy atom. The second kappa shape index (κ2) is 5.33. The summed E-state index contributed by atoms with van der Waals surface area (Å²) in [6.07, 6.45) is 1.76. The maximum Gasteiger partial charge on any atom is 0.147 e. The van der Waals surface area contributed by atoms with E-state index in [0.29, 0.717) is 18.1 Å². The zero-order chi connectivity index (χ0) is 13.3. The van der Waals surface area contributed by atoms with Gasteiger partial charge in [-0.05, 0) is 35.8 Å². The van der Waals surface area contributed by atoms with Gasteiger partial charge in [0.25, 0.3) is 0 Å². The molecule has 1 aromatic rings. The highest BCUT2D eigenvalue weighted by Crippen LogP contribution is 2.30. The summed E-state index contributed by atoms with van der Waals surface area (Å²) in [7, 11) is 0. The summed E-state index contributed by atoms with van der Waals surface area (Å²) >= 11 is 9.60. The van der Waals surface area contributed by atoms with Crippen LogP contribution in [0.25, 0.3) is 0 Å². The van der Waals surface area contributed by atoms with Gasteiger partial charge in [0.05, 0.1) is 16.7 Å². The number of aromatic nitrogens is 1. The van der Waals surface area contributed by atoms with Crippen LogP contribution in [0.3, 0.4) is 0 Å². The van der Waals surface area contributed by atoms with Crippen LogP contribution >= 0.6 is 27.5 Å². The number of halogens is 2. The van der Waals surface area contributed by atoms with Crippen LogP contribution in [0.5, 0.6) is 0 Å². The average Bonchev–Trinajstić information content (AvgIpc) is 2.26. The standard InChI is InChI=1S/C12H17BrClN3O/c1-12(2)7-17(6-9(4-15)18-12)11-10(14)3-8(13)5-16-11/h3,5,9H,4,6-7,15H2,1-2H3. The zero-order valence-corrected chi connectivity index (χ0v) is 12.8. The van der Waals surface area contributed by atoms with Crippen molar-refractivity contribution in [1.29, 1.82) is 0 Å². The van der Waals surface area contributed by atoms with E-state index in [1.807, 2.05) is 6.07 Å². The second-order valence-electron chi connectivity index (χ2n) is 5.07. The summed E-state index contributed by atoms with van der Waals surface area (Å²) in [5.74, 6) is 0.787. The number of anilines is 1. The molecule has 0 spiro atoms. The molecular formula is C12H17BrClN3O. The van der Waals surface area contributed by atoms with Crippen molar-refractivity contribution in [3.05, 3.63) is 21.8 Å². The molecule has 2 heterocycles. The fourth-order valence-electron chi connectivity index (χ4n) is 2.22. The second-order valence-corrected chi connectivity index (χ2v) is 6.40. The molecule has 0 saturated carbocycles. The van der Waals surface area contributed by atoms with E-state index in [2.05, 4.69) is 39.7 Å². The Hall–Kier alpha value is -0.360. The molecule has 6 heteroatoms. The van der Waals surface area contributed by atoms with Crippen LogP contribution in [0, 0.1) is 0 Å². The van der Waals surface area contributed by atoms with E-state index >= 15 is 0 Å². The molecule has 0 radical (unpaired) electrons. The first-order valence-corrected chi connectivity index (χ1v) is 7.02. The first kappa shape index (κ1) is 14.1. The van der Waals surface area contributed by atoms with Gasteiger partial charge in [-0.3, -0.25) is 0 Å². The molecule has 1 aromatic heterocycles. The molecule has 1 aliphatic rings. The van der Waals surface area contributed by atoms with Crippen molar-refractivity contribution < 1.29 is 4.74 Å². The van der Waals surface area contributed by atoms with E-state index in [0.717, 1.165) is 16.8 Å². The Morgan fingerprint density at radius 3 is 3.00 bits per heavy atom. The lowest BCUT2D eigenvalue weighted by Crippen LogP contribution is -2.55. The van der Waals surface area contributed by atoms with E-state index in [1.165, 1.54) is 0 Å². The minimum absolute atomic E-state index is 0.00950. The smallest absolute Gasteiger partial charge is 0.147 e. The third-order valence-corrected chi connectivity index (χ3v) is 3.54. The molecule has 1 unspecified atom stereocenters. The quantitative estimate of drug-likeness (QED) is 0.902. The largest absolute Gasteiger partial charge is 0.367 e. The molecule has 0 aromatic carbocycles. The van der Waals surface area contributed by atoms with E-state index in [1.54, 1.807) is 6.20 Å². The molecule has 0 bridgehead atoms. The van der Waals surface area contributed by atoms with E-state index in [9.17, 15) is 0 Å². The van der Waals surface area contributed by atoms with Gasteiger partial charge in [0, 0.05) is 30.3 Å². The minimum atomic E-state index is -0.250. The van der Waals surface area contributed by atoms with Gasteiger partial charge in [-0.2, -0.15) is 0 Å². The van der Waals surface area contributed by atoms with Gasteiger partial charge in [0.1, 0.15) is 5.82 Å². The number of rotatable bonds is 2. The van der Waals surface area contributed by atoms with Gasteiger partial charge >= 0.3 is 0 Å². The molecule has 2 N–H and O–H groups in total. The highest BCUT2D eigenvalue weighted by Gasteiger charge is 2.34. The summed E-state index contributed by atoms with van der Waals surface area (Å²) in [6, 6.07) is 1.85. The van der Waals surface area contributed by atoms with Crippen molar-refractivity contribution in [2.24, 2.45) is 5.73 Å². The van der Waals surface area contributed by atoms with Crippen molar-refractivity contribution in [1.82, 2.24) is 4.98 Å². The van der Waals surface area contributed by atoms with Crippen LogP contribution in [0.4, 0.5) is 5.82 Å². The topological polar surface area (TPSA) is 51.4 Å². The van der Waals surface area contributed by atoms with Crippen molar-refractivity contribution in [3.63, 3.8) is 0 Å². The lowest BCUT2D eigenvalue weighted by molar-refractivity contribution is -0.0790. The maximum atomic E-state index is 6.24. The highest BCUT2D eigenvalue weighted by molar-refractivity contribution is 9.10. The van der Waals surface area contributed by atoms with E-state index in [4.69, 9.17) is 22.1 Å². The lowest BCUT2D eigenvalue weighted by Gasteiger charge is -2.43. The van der Waals surface area contributed by atoms with Crippen LogP contribution in [-0.4, -0.2) is 36.3 Å². The van der Waals surface area contributed by atoms with Gasteiger partial charge in [-0.25, -0.2) is 4.98 Å². The third-order valence-electron chi connectivity index (χ3n) is 2.83. The Balaban J connectivity index is 2.26. The molecule has 1 saturated heterocycles. The Morgan fingerprint density at radius 2 is 2.39 bits per heavy atom. The molecule has 4 nitrogen and oxygen atoms in total. The molecule has 100 valence electrons. The lowest BCUT2D eigenvalue weighted by atomic mass is 10.1. The van der Waals surface area contributed by atoms with Crippen LogP contribution in [0.15, 0.2) is 16.7 Å². The number of ether oxygens (including phenoxy) is 1. The third kappa shape index (κ3) is 3.15. The first-order valence-electron chi connectivity index (χ1n) is 5.85. The number of hydrogen-bond acceptors (Lipinski definition) is 4. The van der Waals surface area contributed by atoms with Crippen molar-refractivity contribution >= 4 is 33.3 Å². The molecular weight excluding hydrogens is 318 g/mol. The van der Waals surface area contributed by atoms with Gasteiger partial charge in [-0.1, -0.05) is 11.6 Å². The fourth-order valence-corrected chi connectivity index (χ4v) is 2.97. The number of nitrogens with zero attached hydrogens (tertiary/aromatic N) is 2. The van der Waals surface area contributed by atoms with Gasteiger partial charge in [0.2, 0.25) is 0 Å². The summed E-state index contributed by atoms with van der Waals surface area (Å²) in [4.78, 5) is 6.52. The van der Waals surface area contributed by atoms with Crippen LogP contribution in [0.1, 0.15) is 13.8 Å². The predicted octanol–water partition coefficient (Wildman–Crippen LogP) is 2.44. The van der Waals surface area contributed by atoms with Crippen LogP contribution in [0.2, 0.25) is 5.02 Å². The van der Waals surface area contributed by atoms with E-state index < -0.39 is 0 Å². The van der Waals surface area contributed by atoms with Crippen molar-refractivity contribution in [2.45, 2.75) is 25.6 Å². The Labute approximate surface area is 121 Å². The van der Waals surface area contributed by atoms with Gasteiger partial charge in [-0.15, -0.1) is 0 Å². The molecule has 1 aliphatic heterocycles. The SMILES string of the molecule is CC1(C)CN(c2ncc(Br)cc2Cl)CC(CN)O1. The molecule has 0 amide bonds. The van der Waals surface area contributed by atoms with Crippen LogP contribution < -0.4 is 10.6 Å². The number of nitrogens with two attached hydrogens (primary N) is 1. The molecule has 1 fully saturated rings. The van der Waals surface area contributed by atoms with Gasteiger partial charge < -0.3 is 15.4 Å². The highest BCUT2D eigenvalue weighted by atomic mass is 79.9. The number of hydrogen-bond donors (Lipinski definition) is 1. The maximum absolute atomic E-state index is 6.24.